The van der Waals surface area contributed by atoms with Crippen molar-refractivity contribution in [2.45, 2.75) is 6.61 Å². The Labute approximate surface area is 151 Å². The van der Waals surface area contributed by atoms with Crippen molar-refractivity contribution >= 4 is 38.3 Å². The first-order valence-electron chi connectivity index (χ1n) is 7.85. The fourth-order valence-electron chi connectivity index (χ4n) is 3.13. The lowest BCUT2D eigenvalue weighted by atomic mass is 10.1. The summed E-state index contributed by atoms with van der Waals surface area (Å²) in [5.74, 6) is 0.0807. The molecular weight excluding hydrogens is 389 g/mol. The monoisotopic (exact) mass is 403 g/mol. The van der Waals surface area contributed by atoms with Gasteiger partial charge in [-0.1, -0.05) is 22.0 Å². The average molecular weight is 404 g/mol. The molecule has 3 aromatic rings. The van der Waals surface area contributed by atoms with Crippen LogP contribution in [0.2, 0.25) is 0 Å². The normalized spacial score (nSPS) is 14.4. The molecule has 2 aromatic carbocycles. The van der Waals surface area contributed by atoms with Gasteiger partial charge in [0.2, 0.25) is 0 Å². The molecule has 0 saturated heterocycles. The second kappa shape index (κ2) is 6.24. The second-order valence-electron chi connectivity index (χ2n) is 5.88. The number of rotatable bonds is 1. The van der Waals surface area contributed by atoms with Crippen LogP contribution in [0.25, 0.3) is 10.9 Å². The maximum Gasteiger partial charge on any atom is 0.349 e. The van der Waals surface area contributed by atoms with Gasteiger partial charge in [0.1, 0.15) is 11.6 Å². The highest BCUT2D eigenvalue weighted by molar-refractivity contribution is 9.10. The molecule has 1 aliphatic rings. The van der Waals surface area contributed by atoms with Crippen LogP contribution < -0.4 is 10.6 Å². The van der Waals surface area contributed by atoms with Gasteiger partial charge in [-0.15, -0.1) is 0 Å². The van der Waals surface area contributed by atoms with Crippen LogP contribution in [0.5, 0.6) is 0 Å². The van der Waals surface area contributed by atoms with Crippen LogP contribution in [-0.2, 0) is 18.4 Å². The number of hydrogen-bond acceptors (Lipinski definition) is 4. The quantitative estimate of drug-likeness (QED) is 0.623. The van der Waals surface area contributed by atoms with E-state index in [9.17, 15) is 9.18 Å². The van der Waals surface area contributed by atoms with Gasteiger partial charge in [-0.05, 0) is 30.3 Å². The lowest BCUT2D eigenvalue weighted by molar-refractivity contribution is 0.133. The van der Waals surface area contributed by atoms with Crippen molar-refractivity contribution in [3.8, 4) is 0 Å². The molecule has 0 amide bonds. The lowest BCUT2D eigenvalue weighted by Gasteiger charge is -2.25. The summed E-state index contributed by atoms with van der Waals surface area (Å²) in [6.45, 7) is 1.47. The number of nitrogens with zero attached hydrogens (tertiary/aromatic N) is 3. The molecule has 7 heteroatoms. The van der Waals surface area contributed by atoms with Gasteiger partial charge >= 0.3 is 5.69 Å². The number of aromatic nitrogens is 2. The van der Waals surface area contributed by atoms with Crippen LogP contribution in [0, 0.1) is 5.82 Å². The highest BCUT2D eigenvalue weighted by Crippen LogP contribution is 2.36. The molecule has 5 nitrogen and oxygen atoms in total. The Hall–Kier alpha value is -2.25. The van der Waals surface area contributed by atoms with Crippen LogP contribution in [-0.4, -0.2) is 22.7 Å². The van der Waals surface area contributed by atoms with Gasteiger partial charge in [-0.3, -0.25) is 4.57 Å². The van der Waals surface area contributed by atoms with Gasteiger partial charge in [0.15, 0.2) is 0 Å². The number of ether oxygens (including phenoxy) is 1. The number of fused-ring (bicyclic) bond motifs is 2. The van der Waals surface area contributed by atoms with Gasteiger partial charge in [-0.2, -0.15) is 4.98 Å². The summed E-state index contributed by atoms with van der Waals surface area (Å²) >= 11 is 3.55. The van der Waals surface area contributed by atoms with Crippen LogP contribution >= 0.6 is 15.9 Å². The molecule has 128 valence electrons. The number of aryl methyl sites for hydroxylation is 1. The third-order valence-electron chi connectivity index (χ3n) is 4.40. The highest BCUT2D eigenvalue weighted by atomic mass is 79.9. The van der Waals surface area contributed by atoms with E-state index in [1.807, 2.05) is 23.1 Å². The second-order valence-corrected chi connectivity index (χ2v) is 6.73. The largest absolute Gasteiger partial charge is 0.375 e. The Morgan fingerprint density at radius 1 is 1.28 bits per heavy atom. The van der Waals surface area contributed by atoms with Gasteiger partial charge in [0, 0.05) is 34.7 Å². The molecule has 0 fully saturated rings. The summed E-state index contributed by atoms with van der Waals surface area (Å²) in [6, 6.07) is 10.2. The number of hydrogen-bond donors (Lipinski definition) is 0. The van der Waals surface area contributed by atoms with E-state index in [-0.39, 0.29) is 11.5 Å². The number of benzene rings is 2. The first-order chi connectivity index (χ1) is 12.1. The predicted molar refractivity (Wildman–Crippen MR) is 97.7 cm³/mol. The zero-order valence-electron chi connectivity index (χ0n) is 13.5. The van der Waals surface area contributed by atoms with Crippen LogP contribution in [0.3, 0.4) is 0 Å². The van der Waals surface area contributed by atoms with E-state index in [2.05, 4.69) is 20.9 Å². The Balaban J connectivity index is 2.03. The third-order valence-corrected chi connectivity index (χ3v) is 5.14. The third kappa shape index (κ3) is 2.73. The highest BCUT2D eigenvalue weighted by Gasteiger charge is 2.23. The molecule has 0 aliphatic carbocycles. The summed E-state index contributed by atoms with van der Waals surface area (Å²) < 4.78 is 21.9. The number of halogens is 2. The molecule has 4 rings (SSSR count). The van der Waals surface area contributed by atoms with E-state index in [0.717, 1.165) is 15.7 Å². The van der Waals surface area contributed by atoms with E-state index < -0.39 is 0 Å². The summed E-state index contributed by atoms with van der Waals surface area (Å²) in [7, 11) is 1.63. The van der Waals surface area contributed by atoms with E-state index in [4.69, 9.17) is 4.74 Å². The minimum atomic E-state index is -0.379. The molecule has 0 N–H and O–H groups in total. The average Bonchev–Trinajstić information content (AvgIpc) is 2.81. The van der Waals surface area contributed by atoms with Crippen molar-refractivity contribution in [1.82, 2.24) is 9.55 Å². The molecular formula is C18H15BrFN3O2. The molecule has 0 radical (unpaired) electrons. The first kappa shape index (κ1) is 16.2. The van der Waals surface area contributed by atoms with E-state index in [0.29, 0.717) is 36.5 Å². The van der Waals surface area contributed by atoms with Gasteiger partial charge < -0.3 is 9.64 Å². The van der Waals surface area contributed by atoms with Crippen molar-refractivity contribution in [3.05, 3.63) is 62.7 Å². The van der Waals surface area contributed by atoms with Gasteiger partial charge in [-0.25, -0.2) is 9.18 Å². The Kier molecular flexibility index (Phi) is 4.05. The Morgan fingerprint density at radius 2 is 2.12 bits per heavy atom. The van der Waals surface area contributed by atoms with Gasteiger partial charge in [0.25, 0.3) is 0 Å². The fourth-order valence-corrected chi connectivity index (χ4v) is 3.60. The molecule has 25 heavy (non-hydrogen) atoms. The summed E-state index contributed by atoms with van der Waals surface area (Å²) in [5.41, 5.74) is 2.14. The van der Waals surface area contributed by atoms with E-state index >= 15 is 0 Å². The maximum atomic E-state index is 13.9. The molecule has 0 bridgehead atoms. The summed E-state index contributed by atoms with van der Waals surface area (Å²) in [4.78, 5) is 18.5. The fraction of sp³-hybridized carbons (Fsp3) is 0.222. The van der Waals surface area contributed by atoms with Crippen LogP contribution in [0.4, 0.5) is 15.9 Å². The topological polar surface area (TPSA) is 47.4 Å². The van der Waals surface area contributed by atoms with Crippen molar-refractivity contribution < 1.29 is 9.13 Å². The van der Waals surface area contributed by atoms with Crippen molar-refractivity contribution in [3.63, 3.8) is 0 Å². The minimum absolute atomic E-state index is 0.366. The molecule has 0 unspecified atom stereocenters. The molecule has 0 spiro atoms. The zero-order valence-corrected chi connectivity index (χ0v) is 15.1. The van der Waals surface area contributed by atoms with E-state index in [1.54, 1.807) is 13.1 Å². The minimum Gasteiger partial charge on any atom is -0.375 e. The van der Waals surface area contributed by atoms with Crippen molar-refractivity contribution in [1.29, 1.82) is 0 Å². The molecule has 1 aliphatic heterocycles. The number of anilines is 2. The molecule has 0 saturated carbocycles. The predicted octanol–water partition coefficient (Wildman–Crippen LogP) is 3.50. The van der Waals surface area contributed by atoms with Crippen molar-refractivity contribution in [2.75, 3.05) is 18.1 Å². The SMILES string of the molecule is Cn1c(=O)nc(N2CCOCc3c(Br)cccc32)c2cc(F)ccc21. The Bertz CT molecular complexity index is 1030. The van der Waals surface area contributed by atoms with Crippen molar-refractivity contribution in [2.24, 2.45) is 7.05 Å². The first-order valence-corrected chi connectivity index (χ1v) is 8.64. The van der Waals surface area contributed by atoms with Gasteiger partial charge in [0.05, 0.1) is 18.7 Å². The maximum absolute atomic E-state index is 13.9. The Morgan fingerprint density at radius 3 is 2.96 bits per heavy atom. The van der Waals surface area contributed by atoms with Crippen LogP contribution in [0.1, 0.15) is 5.56 Å². The summed E-state index contributed by atoms with van der Waals surface area (Å²) in [6.07, 6.45) is 0. The van der Waals surface area contributed by atoms with E-state index in [1.165, 1.54) is 16.7 Å². The van der Waals surface area contributed by atoms with Crippen LogP contribution in [0.15, 0.2) is 45.7 Å². The molecule has 2 heterocycles. The zero-order chi connectivity index (χ0) is 17.6. The standard InChI is InChI=1S/C18H15BrFN3O2/c1-22-15-6-5-11(20)9-12(15)17(21-18(22)24)23-7-8-25-10-13-14(19)3-2-4-16(13)23/h2-6,9H,7-8,10H2,1H3. The lowest BCUT2D eigenvalue weighted by Crippen LogP contribution is -2.28. The molecule has 0 atom stereocenters. The summed E-state index contributed by atoms with van der Waals surface area (Å²) in [5, 5.41) is 0.593. The smallest absolute Gasteiger partial charge is 0.349 e. The molecule has 1 aromatic heterocycles.